The Morgan fingerprint density at radius 1 is 1.00 bits per heavy atom. The average molecular weight is 521 g/mol. The van der Waals surface area contributed by atoms with Crippen LogP contribution < -0.4 is 19.3 Å². The summed E-state index contributed by atoms with van der Waals surface area (Å²) >= 11 is 0. The third-order valence-electron chi connectivity index (χ3n) is 8.36. The molecule has 6 rings (SSSR count). The lowest BCUT2D eigenvalue weighted by atomic mass is 10.0. The quantitative estimate of drug-likeness (QED) is 0.489. The number of methoxy groups -OCH3 is 1. The fourth-order valence-electron chi connectivity index (χ4n) is 6.02. The molecule has 0 amide bonds. The number of halogens is 1. The second kappa shape index (κ2) is 10.5. The molecule has 0 unspecified atom stereocenters. The lowest BCUT2D eigenvalue weighted by Crippen LogP contribution is -2.46. The van der Waals surface area contributed by atoms with Crippen molar-refractivity contribution in [2.24, 2.45) is 0 Å². The lowest BCUT2D eigenvalue weighted by Gasteiger charge is -2.37. The number of anilines is 2. The number of likely N-dealkylation sites (N-methyl/N-ethyl adjacent to an activating group) is 2. The summed E-state index contributed by atoms with van der Waals surface area (Å²) < 4.78 is 27.4. The summed E-state index contributed by atoms with van der Waals surface area (Å²) in [7, 11) is 5.82. The van der Waals surface area contributed by atoms with Gasteiger partial charge in [0.05, 0.1) is 25.0 Å². The zero-order valence-electron chi connectivity index (χ0n) is 22.6. The van der Waals surface area contributed by atoms with E-state index in [9.17, 15) is 0 Å². The molecule has 3 aliphatic rings. The molecule has 0 saturated carbocycles. The highest BCUT2D eigenvalue weighted by Crippen LogP contribution is 2.39. The summed E-state index contributed by atoms with van der Waals surface area (Å²) in [5.74, 6) is 0.909. The SMILES string of the molecule is COc1cc2ccccc2c(N2CCc3c(nc(OC[C@@H]4CCCN4C)nc3N3CCN(C)CC3)C2)c1F. The number of rotatable bonds is 6. The first-order valence-electron chi connectivity index (χ1n) is 13.7. The smallest absolute Gasteiger partial charge is 0.318 e. The van der Waals surface area contributed by atoms with Crippen molar-refractivity contribution in [3.63, 3.8) is 0 Å². The zero-order valence-corrected chi connectivity index (χ0v) is 22.6. The first-order valence-corrected chi connectivity index (χ1v) is 13.7. The Labute approximate surface area is 223 Å². The minimum atomic E-state index is -0.330. The highest BCUT2D eigenvalue weighted by atomic mass is 19.1. The van der Waals surface area contributed by atoms with Gasteiger partial charge in [0, 0.05) is 49.7 Å². The summed E-state index contributed by atoms with van der Waals surface area (Å²) in [6, 6.07) is 10.5. The Morgan fingerprint density at radius 3 is 2.58 bits per heavy atom. The van der Waals surface area contributed by atoms with Crippen LogP contribution in [-0.4, -0.2) is 92.9 Å². The van der Waals surface area contributed by atoms with E-state index >= 15 is 4.39 Å². The second-order valence-corrected chi connectivity index (χ2v) is 10.8. The van der Waals surface area contributed by atoms with Gasteiger partial charge < -0.3 is 29.1 Å². The van der Waals surface area contributed by atoms with Crippen molar-refractivity contribution < 1.29 is 13.9 Å². The van der Waals surface area contributed by atoms with Crippen molar-refractivity contribution in [1.29, 1.82) is 0 Å². The van der Waals surface area contributed by atoms with E-state index in [1.54, 1.807) is 6.07 Å². The predicted molar refractivity (Wildman–Crippen MR) is 148 cm³/mol. The average Bonchev–Trinajstić information content (AvgIpc) is 3.35. The fourth-order valence-corrected chi connectivity index (χ4v) is 6.02. The van der Waals surface area contributed by atoms with Crippen molar-refractivity contribution in [3.8, 4) is 11.8 Å². The predicted octanol–water partition coefficient (Wildman–Crippen LogP) is 3.57. The summed E-state index contributed by atoms with van der Waals surface area (Å²) in [6.07, 6.45) is 3.06. The van der Waals surface area contributed by atoms with Crippen LogP contribution in [0.4, 0.5) is 15.9 Å². The summed E-state index contributed by atoms with van der Waals surface area (Å²) in [6.45, 7) is 6.68. The van der Waals surface area contributed by atoms with Gasteiger partial charge >= 0.3 is 6.01 Å². The van der Waals surface area contributed by atoms with Crippen LogP contribution in [0.15, 0.2) is 30.3 Å². The molecule has 9 heteroatoms. The van der Waals surface area contributed by atoms with Crippen LogP contribution in [0.1, 0.15) is 24.1 Å². The highest BCUT2D eigenvalue weighted by Gasteiger charge is 2.30. The van der Waals surface area contributed by atoms with E-state index in [2.05, 4.69) is 33.7 Å². The molecule has 3 aromatic rings. The molecule has 8 nitrogen and oxygen atoms in total. The van der Waals surface area contributed by atoms with Crippen molar-refractivity contribution in [2.75, 3.05) is 76.9 Å². The third kappa shape index (κ3) is 4.73. The minimum absolute atomic E-state index is 0.259. The Morgan fingerprint density at radius 2 is 1.82 bits per heavy atom. The molecular weight excluding hydrogens is 483 g/mol. The molecule has 4 heterocycles. The van der Waals surface area contributed by atoms with Crippen LogP contribution in [0.25, 0.3) is 10.8 Å². The van der Waals surface area contributed by atoms with E-state index in [1.165, 1.54) is 13.5 Å². The number of hydrogen-bond donors (Lipinski definition) is 0. The van der Waals surface area contributed by atoms with E-state index < -0.39 is 0 Å². The van der Waals surface area contributed by atoms with Gasteiger partial charge in [0.25, 0.3) is 0 Å². The van der Waals surface area contributed by atoms with Crippen LogP contribution in [0.3, 0.4) is 0 Å². The number of piperazine rings is 1. The highest BCUT2D eigenvalue weighted by molar-refractivity contribution is 5.96. The molecule has 0 radical (unpaired) electrons. The van der Waals surface area contributed by atoms with Crippen LogP contribution in [0.5, 0.6) is 11.8 Å². The number of hydrogen-bond acceptors (Lipinski definition) is 8. The molecule has 3 aliphatic heterocycles. The minimum Gasteiger partial charge on any atom is -0.494 e. The molecule has 1 atom stereocenters. The maximum Gasteiger partial charge on any atom is 0.318 e. The second-order valence-electron chi connectivity index (χ2n) is 10.8. The Bertz CT molecular complexity index is 1310. The molecule has 0 aliphatic carbocycles. The first-order chi connectivity index (χ1) is 18.5. The van der Waals surface area contributed by atoms with Crippen LogP contribution in [0.2, 0.25) is 0 Å². The van der Waals surface area contributed by atoms with Crippen molar-refractivity contribution in [2.45, 2.75) is 31.8 Å². The molecule has 2 aromatic carbocycles. The molecule has 2 saturated heterocycles. The molecular formula is C29H37FN6O2. The van der Waals surface area contributed by atoms with Crippen LogP contribution >= 0.6 is 0 Å². The number of fused-ring (bicyclic) bond motifs is 2. The molecule has 1 aromatic heterocycles. The van der Waals surface area contributed by atoms with E-state index in [1.807, 2.05) is 24.3 Å². The summed E-state index contributed by atoms with van der Waals surface area (Å²) in [5, 5.41) is 1.83. The van der Waals surface area contributed by atoms with E-state index in [0.717, 1.165) is 73.4 Å². The van der Waals surface area contributed by atoms with Gasteiger partial charge in [-0.3, -0.25) is 0 Å². The Balaban J connectivity index is 1.36. The van der Waals surface area contributed by atoms with Gasteiger partial charge in [-0.1, -0.05) is 24.3 Å². The van der Waals surface area contributed by atoms with Gasteiger partial charge in [0.2, 0.25) is 0 Å². The summed E-state index contributed by atoms with van der Waals surface area (Å²) in [5.41, 5.74) is 2.64. The van der Waals surface area contributed by atoms with Gasteiger partial charge in [-0.2, -0.15) is 9.97 Å². The zero-order chi connectivity index (χ0) is 26.2. The van der Waals surface area contributed by atoms with Gasteiger partial charge in [-0.05, 0) is 51.4 Å². The molecule has 38 heavy (non-hydrogen) atoms. The molecule has 0 spiro atoms. The molecule has 202 valence electrons. The normalized spacial score (nSPS) is 20.7. The van der Waals surface area contributed by atoms with Crippen LogP contribution in [-0.2, 0) is 13.0 Å². The Hall–Kier alpha value is -3.17. The maximum atomic E-state index is 15.7. The molecule has 0 bridgehead atoms. The topological polar surface area (TPSA) is 57.2 Å². The number of nitrogens with zero attached hydrogens (tertiary/aromatic N) is 6. The monoisotopic (exact) mass is 520 g/mol. The third-order valence-corrected chi connectivity index (χ3v) is 8.36. The number of benzene rings is 2. The van der Waals surface area contributed by atoms with Crippen molar-refractivity contribution in [3.05, 3.63) is 47.4 Å². The van der Waals surface area contributed by atoms with Crippen LogP contribution in [0, 0.1) is 5.82 Å². The van der Waals surface area contributed by atoms with Crippen molar-refractivity contribution >= 4 is 22.3 Å². The van der Waals surface area contributed by atoms with Crippen molar-refractivity contribution in [1.82, 2.24) is 19.8 Å². The standard InChI is InChI=1S/C29H37FN6O2/c1-33-13-15-35(16-14-33)28-23-10-12-36(27-22-9-5-4-7-20(22)17-25(37-3)26(27)30)18-24(23)31-29(32-28)38-19-21-8-6-11-34(21)2/h4-5,7,9,17,21H,6,8,10-16,18-19H2,1-3H3/t21-/m0/s1. The molecule has 2 fully saturated rings. The van der Waals surface area contributed by atoms with Gasteiger partial charge in [-0.25, -0.2) is 4.39 Å². The van der Waals surface area contributed by atoms with E-state index in [4.69, 9.17) is 19.4 Å². The van der Waals surface area contributed by atoms with Gasteiger partial charge in [0.15, 0.2) is 11.6 Å². The summed E-state index contributed by atoms with van der Waals surface area (Å²) in [4.78, 5) is 19.0. The number of aromatic nitrogens is 2. The maximum absolute atomic E-state index is 15.7. The number of likely N-dealkylation sites (tertiary alicyclic amines) is 1. The lowest BCUT2D eigenvalue weighted by molar-refractivity contribution is 0.187. The first kappa shape index (κ1) is 25.1. The number of ether oxygens (including phenoxy) is 2. The Kier molecular flexibility index (Phi) is 6.97. The van der Waals surface area contributed by atoms with Gasteiger partial charge in [-0.15, -0.1) is 0 Å². The van der Waals surface area contributed by atoms with E-state index in [0.29, 0.717) is 37.4 Å². The van der Waals surface area contributed by atoms with Gasteiger partial charge in [0.1, 0.15) is 12.4 Å². The molecule has 0 N–H and O–H groups in total. The largest absolute Gasteiger partial charge is 0.494 e. The van der Waals surface area contributed by atoms with E-state index in [-0.39, 0.29) is 11.6 Å². The fraction of sp³-hybridized carbons (Fsp3) is 0.517.